The molecule has 288 valence electrons. The van der Waals surface area contributed by atoms with Crippen molar-refractivity contribution in [2.45, 2.75) is 173 Å². The van der Waals surface area contributed by atoms with Gasteiger partial charge in [-0.15, -0.1) is 4.67 Å². The van der Waals surface area contributed by atoms with Gasteiger partial charge < -0.3 is 15.6 Å². The fourth-order valence-corrected chi connectivity index (χ4v) is 8.65. The molecule has 2 aromatic rings. The molecule has 1 aliphatic heterocycles. The molecular formula is C35H63ClN5O7PS. The van der Waals surface area contributed by atoms with E-state index in [4.69, 9.17) is 40.7 Å². The lowest BCUT2D eigenvalue weighted by atomic mass is 10.1. The van der Waals surface area contributed by atoms with Crippen LogP contribution in [0.2, 0.25) is 5.28 Å². The molecule has 0 saturated carbocycles. The van der Waals surface area contributed by atoms with Crippen LogP contribution in [-0.2, 0) is 27.9 Å². The van der Waals surface area contributed by atoms with Crippen LogP contribution in [-0.4, -0.2) is 67.2 Å². The first-order chi connectivity index (χ1) is 24.2. The van der Waals surface area contributed by atoms with E-state index in [0.717, 1.165) is 18.6 Å². The van der Waals surface area contributed by atoms with Gasteiger partial charge in [0.15, 0.2) is 11.5 Å². The zero-order valence-corrected chi connectivity index (χ0v) is 33.3. The quantitative estimate of drug-likeness (QED) is 0.0267. The van der Waals surface area contributed by atoms with Gasteiger partial charge in [0.1, 0.15) is 24.0 Å². The van der Waals surface area contributed by atoms with Gasteiger partial charge in [-0.2, -0.15) is 21.7 Å². The molecule has 1 aliphatic rings. The summed E-state index contributed by atoms with van der Waals surface area (Å²) in [6, 6.07) is 0. The Morgan fingerprint density at radius 3 is 2.28 bits per heavy atom. The maximum absolute atomic E-state index is 13.7. The van der Waals surface area contributed by atoms with Gasteiger partial charge in [0.05, 0.1) is 25.6 Å². The number of nitrogens with two attached hydrogens (primary N) is 1. The van der Waals surface area contributed by atoms with E-state index in [9.17, 15) is 9.67 Å². The number of aliphatic hydroxyl groups excluding tert-OH is 1. The van der Waals surface area contributed by atoms with Crippen molar-refractivity contribution < 1.29 is 33.0 Å². The molecule has 0 aromatic carbocycles. The number of aromatic nitrogens is 4. The Kier molecular flexibility index (Phi) is 21.1. The molecule has 2 aromatic heterocycles. The molecule has 3 N–H and O–H groups in total. The molecule has 0 bridgehead atoms. The first-order valence-corrected chi connectivity index (χ1v) is 21.9. The van der Waals surface area contributed by atoms with E-state index >= 15 is 0 Å². The van der Waals surface area contributed by atoms with Gasteiger partial charge in [-0.25, -0.2) is 14.4 Å². The number of nitrogens with zero attached hydrogens (tertiary/aromatic N) is 4. The number of rotatable bonds is 29. The number of imidazole rings is 1. The van der Waals surface area contributed by atoms with E-state index in [2.05, 4.69) is 28.8 Å². The second-order valence-electron chi connectivity index (χ2n) is 13.4. The number of aliphatic hydroxyl groups is 1. The highest BCUT2D eigenvalue weighted by atomic mass is 35.5. The molecule has 15 heteroatoms. The van der Waals surface area contributed by atoms with Crippen LogP contribution in [0.4, 0.5) is 5.82 Å². The lowest BCUT2D eigenvalue weighted by Crippen LogP contribution is -2.27. The van der Waals surface area contributed by atoms with E-state index in [1.165, 1.54) is 96.2 Å². The number of unbranched alkanes of at least 4 members (excludes halogenated alkanes) is 13. The number of thioether (sulfide) groups is 1. The number of anilines is 1. The summed E-state index contributed by atoms with van der Waals surface area (Å²) in [7, 11) is -4.13. The van der Waals surface area contributed by atoms with Crippen molar-refractivity contribution in [1.29, 1.82) is 0 Å². The maximum atomic E-state index is 13.7. The zero-order valence-electron chi connectivity index (χ0n) is 30.8. The molecular weight excluding hydrogens is 701 g/mol. The molecule has 6 atom stereocenters. The Bertz CT molecular complexity index is 1260. The monoisotopic (exact) mass is 763 g/mol. The Balaban J connectivity index is 1.50. The van der Waals surface area contributed by atoms with Crippen LogP contribution in [0.1, 0.15) is 149 Å². The topological polar surface area (TPSA) is 153 Å². The van der Waals surface area contributed by atoms with Crippen LogP contribution in [0.25, 0.3) is 11.2 Å². The van der Waals surface area contributed by atoms with Crippen LogP contribution < -0.4 is 5.73 Å². The Hall–Kier alpha value is -1.02. The second kappa shape index (κ2) is 24.3. The Morgan fingerprint density at radius 2 is 1.62 bits per heavy atom. The Labute approximate surface area is 309 Å². The largest absolute Gasteiger partial charge is 0.502 e. The maximum Gasteiger partial charge on any atom is 0.502 e. The number of hydrogen-bond donors (Lipinski definition) is 2. The molecule has 3 heterocycles. The van der Waals surface area contributed by atoms with Gasteiger partial charge in [-0.1, -0.05) is 111 Å². The van der Waals surface area contributed by atoms with Crippen LogP contribution in [0.5, 0.6) is 0 Å². The van der Waals surface area contributed by atoms with Crippen molar-refractivity contribution in [1.82, 2.24) is 19.5 Å². The first kappa shape index (κ1) is 43.4. The average molecular weight is 764 g/mol. The predicted molar refractivity (Wildman–Crippen MR) is 202 cm³/mol. The van der Waals surface area contributed by atoms with Gasteiger partial charge >= 0.3 is 7.82 Å². The van der Waals surface area contributed by atoms with Gasteiger partial charge in [-0.05, 0) is 43.5 Å². The molecule has 0 amide bonds. The number of nitrogen functional groups attached to an aromatic ring is 1. The second-order valence-corrected chi connectivity index (χ2v) is 16.6. The van der Waals surface area contributed by atoms with E-state index in [0.29, 0.717) is 17.6 Å². The number of phosphoric acid groups is 1. The van der Waals surface area contributed by atoms with Crippen LogP contribution >= 0.6 is 31.2 Å². The number of phosphoric ester groups is 1. The zero-order chi connectivity index (χ0) is 36.2. The van der Waals surface area contributed by atoms with Crippen molar-refractivity contribution in [3.8, 4) is 0 Å². The van der Waals surface area contributed by atoms with Crippen molar-refractivity contribution >= 4 is 48.2 Å². The standard InChI is InChI=1S/C35H63ClN5O7PS/c1-5-8-10-12-13-14-15-16-18-20-23-50-30(21-19-17-11-9-6-2)27(4)47-48-49(43,44-22-7-3)45-25-29-28(42)24-31(46-29)41-26-38-32-33(37)39-35(36)40-34(32)41/h26-31,42H,5-25H2,1-4H3,(H2,37,39,40)/t27?,28-,29+,30?,31+,49?/m0/s1. The highest BCUT2D eigenvalue weighted by Crippen LogP contribution is 2.51. The third-order valence-electron chi connectivity index (χ3n) is 9.02. The molecule has 50 heavy (non-hydrogen) atoms. The van der Waals surface area contributed by atoms with Crippen molar-refractivity contribution in [3.63, 3.8) is 0 Å². The molecule has 1 saturated heterocycles. The van der Waals surface area contributed by atoms with Gasteiger partial charge in [0.25, 0.3) is 0 Å². The number of halogens is 1. The van der Waals surface area contributed by atoms with Gasteiger partial charge in [-0.3, -0.25) is 13.6 Å². The molecule has 0 aliphatic carbocycles. The van der Waals surface area contributed by atoms with E-state index in [1.807, 2.05) is 25.6 Å². The van der Waals surface area contributed by atoms with Crippen molar-refractivity contribution in [2.24, 2.45) is 0 Å². The van der Waals surface area contributed by atoms with Gasteiger partial charge in [0.2, 0.25) is 5.28 Å². The molecule has 3 unspecified atom stereocenters. The van der Waals surface area contributed by atoms with E-state index in [-0.39, 0.29) is 42.1 Å². The van der Waals surface area contributed by atoms with Crippen LogP contribution in [0.15, 0.2) is 6.33 Å². The molecule has 1 fully saturated rings. The Morgan fingerprint density at radius 1 is 0.980 bits per heavy atom. The molecule has 12 nitrogen and oxygen atoms in total. The molecule has 0 radical (unpaired) electrons. The van der Waals surface area contributed by atoms with E-state index in [1.54, 1.807) is 4.57 Å². The smallest absolute Gasteiger partial charge is 0.390 e. The van der Waals surface area contributed by atoms with Crippen molar-refractivity contribution in [3.05, 3.63) is 11.6 Å². The number of fused-ring (bicyclic) bond motifs is 1. The lowest BCUT2D eigenvalue weighted by molar-refractivity contribution is -0.258. The lowest BCUT2D eigenvalue weighted by Gasteiger charge is -2.25. The summed E-state index contributed by atoms with van der Waals surface area (Å²) in [5, 5.41) is 11.0. The predicted octanol–water partition coefficient (Wildman–Crippen LogP) is 9.98. The number of ether oxygens (including phenoxy) is 1. The summed E-state index contributed by atoms with van der Waals surface area (Å²) in [6.45, 7) is 8.26. The third-order valence-corrected chi connectivity index (χ3v) is 12.0. The average Bonchev–Trinajstić information content (AvgIpc) is 3.69. The highest BCUT2D eigenvalue weighted by Gasteiger charge is 2.39. The fraction of sp³-hybridized carbons (Fsp3) is 0.857. The summed E-state index contributed by atoms with van der Waals surface area (Å²) in [4.78, 5) is 18.2. The molecule has 0 spiro atoms. The summed E-state index contributed by atoms with van der Waals surface area (Å²) >= 11 is 7.93. The van der Waals surface area contributed by atoms with Gasteiger partial charge in [0, 0.05) is 11.7 Å². The van der Waals surface area contributed by atoms with Crippen LogP contribution in [0.3, 0.4) is 0 Å². The van der Waals surface area contributed by atoms with Crippen LogP contribution in [0, 0.1) is 0 Å². The normalized spacial score (nSPS) is 20.4. The molecule has 3 rings (SSSR count). The summed E-state index contributed by atoms with van der Waals surface area (Å²) < 4.78 is 38.2. The minimum atomic E-state index is -4.13. The van der Waals surface area contributed by atoms with E-state index < -0.39 is 26.3 Å². The highest BCUT2D eigenvalue weighted by molar-refractivity contribution is 7.99. The summed E-state index contributed by atoms with van der Waals surface area (Å²) in [5.74, 6) is 1.20. The minimum Gasteiger partial charge on any atom is -0.390 e. The SMILES string of the molecule is CCCCCCCCCCCCSC(CCCCCCC)C(C)OOP(=O)(OCCC)OC[C@H]1O[C@@H](n2cnc3c(N)nc(Cl)nc32)C[C@@H]1O. The minimum absolute atomic E-state index is 0.0218. The number of hydrogen-bond acceptors (Lipinski definition) is 12. The fourth-order valence-electron chi connectivity index (χ4n) is 6.01. The first-order valence-electron chi connectivity index (χ1n) is 19.1. The third kappa shape index (κ3) is 15.1. The summed E-state index contributed by atoms with van der Waals surface area (Å²) in [6.07, 6.45) is 19.7. The van der Waals surface area contributed by atoms with Crippen molar-refractivity contribution in [2.75, 3.05) is 24.7 Å². The summed E-state index contributed by atoms with van der Waals surface area (Å²) in [5.41, 5.74) is 6.70.